The molecule has 178 valence electrons. The third kappa shape index (κ3) is 4.14. The number of carbonyl (C=O) groups excluding carboxylic acids is 1. The number of anilines is 1. The fourth-order valence-electron chi connectivity index (χ4n) is 4.33. The van der Waals surface area contributed by atoms with Crippen LogP contribution in [-0.4, -0.2) is 36.0 Å². The first kappa shape index (κ1) is 22.1. The Morgan fingerprint density at radius 3 is 2.75 bits per heavy atom. The minimum Gasteiger partial charge on any atom is -0.353 e. The Kier molecular flexibility index (Phi) is 5.54. The quantitative estimate of drug-likeness (QED) is 0.253. The molecule has 9 heteroatoms. The SMILES string of the molecule is CC(C)CC(=O)Nc1cncc(-c2cnc3n[nH]c(-c4cc5c(-c6ccsc6)nccc5[nH]4)c3c2)c1. The lowest BCUT2D eigenvalue weighted by atomic mass is 10.1. The summed E-state index contributed by atoms with van der Waals surface area (Å²) in [6.45, 7) is 4.04. The van der Waals surface area contributed by atoms with Gasteiger partial charge in [0.15, 0.2) is 5.65 Å². The summed E-state index contributed by atoms with van der Waals surface area (Å²) in [6.07, 6.45) is 7.47. The van der Waals surface area contributed by atoms with E-state index in [0.29, 0.717) is 17.8 Å². The molecule has 0 fully saturated rings. The zero-order valence-corrected chi connectivity index (χ0v) is 20.6. The first-order chi connectivity index (χ1) is 17.5. The van der Waals surface area contributed by atoms with Crippen LogP contribution in [0, 0.1) is 5.92 Å². The van der Waals surface area contributed by atoms with Gasteiger partial charge in [0.25, 0.3) is 0 Å². The number of hydrogen-bond acceptors (Lipinski definition) is 6. The molecule has 0 unspecified atom stereocenters. The molecular formula is C27H23N7OS. The molecule has 0 bridgehead atoms. The van der Waals surface area contributed by atoms with E-state index >= 15 is 0 Å². The van der Waals surface area contributed by atoms with Crippen LogP contribution in [0.5, 0.6) is 0 Å². The Labute approximate surface area is 210 Å². The van der Waals surface area contributed by atoms with Gasteiger partial charge in [0.2, 0.25) is 5.91 Å². The summed E-state index contributed by atoms with van der Waals surface area (Å²) in [4.78, 5) is 29.2. The third-order valence-electron chi connectivity index (χ3n) is 5.97. The van der Waals surface area contributed by atoms with Gasteiger partial charge in [-0.3, -0.25) is 19.9 Å². The van der Waals surface area contributed by atoms with Gasteiger partial charge in [-0.05, 0) is 41.6 Å². The Balaban J connectivity index is 1.38. The fraction of sp³-hybridized carbons (Fsp3) is 0.148. The van der Waals surface area contributed by atoms with E-state index in [1.807, 2.05) is 38.2 Å². The van der Waals surface area contributed by atoms with Gasteiger partial charge in [0, 0.05) is 63.4 Å². The Morgan fingerprint density at radius 2 is 1.92 bits per heavy atom. The van der Waals surface area contributed by atoms with Crippen molar-refractivity contribution in [2.45, 2.75) is 20.3 Å². The number of carbonyl (C=O) groups is 1. The summed E-state index contributed by atoms with van der Waals surface area (Å²) >= 11 is 1.65. The number of amides is 1. The molecule has 36 heavy (non-hydrogen) atoms. The number of thiophene rings is 1. The number of pyridine rings is 3. The molecule has 6 aromatic rings. The minimum atomic E-state index is -0.0234. The number of nitrogens with zero attached hydrogens (tertiary/aromatic N) is 4. The summed E-state index contributed by atoms with van der Waals surface area (Å²) in [5, 5.41) is 16.6. The molecular weight excluding hydrogens is 470 g/mol. The summed E-state index contributed by atoms with van der Waals surface area (Å²) in [5.41, 5.74) is 7.83. The Bertz CT molecular complexity index is 1700. The van der Waals surface area contributed by atoms with E-state index in [-0.39, 0.29) is 11.8 Å². The molecule has 0 spiro atoms. The number of aromatic nitrogens is 6. The summed E-state index contributed by atoms with van der Waals surface area (Å²) in [6, 6.07) is 10.1. The molecule has 0 aromatic carbocycles. The van der Waals surface area contributed by atoms with E-state index in [9.17, 15) is 4.79 Å². The van der Waals surface area contributed by atoms with Crippen LogP contribution in [0.15, 0.2) is 65.9 Å². The maximum Gasteiger partial charge on any atom is 0.224 e. The van der Waals surface area contributed by atoms with Gasteiger partial charge < -0.3 is 10.3 Å². The number of fused-ring (bicyclic) bond motifs is 2. The summed E-state index contributed by atoms with van der Waals surface area (Å²) < 4.78 is 0. The molecule has 6 rings (SSSR count). The highest BCUT2D eigenvalue weighted by Gasteiger charge is 2.16. The molecule has 0 saturated heterocycles. The van der Waals surface area contributed by atoms with Gasteiger partial charge in [0.05, 0.1) is 29.0 Å². The number of rotatable bonds is 6. The van der Waals surface area contributed by atoms with Gasteiger partial charge in [-0.15, -0.1) is 0 Å². The molecule has 0 aliphatic rings. The summed E-state index contributed by atoms with van der Waals surface area (Å²) in [5.74, 6) is 0.263. The van der Waals surface area contributed by atoms with Crippen molar-refractivity contribution in [2.75, 3.05) is 5.32 Å². The van der Waals surface area contributed by atoms with Gasteiger partial charge in [-0.2, -0.15) is 16.4 Å². The molecule has 6 heterocycles. The number of nitrogens with one attached hydrogen (secondary N) is 3. The monoisotopic (exact) mass is 493 g/mol. The highest BCUT2D eigenvalue weighted by Crippen LogP contribution is 2.34. The van der Waals surface area contributed by atoms with E-state index in [4.69, 9.17) is 0 Å². The van der Waals surface area contributed by atoms with Gasteiger partial charge >= 0.3 is 0 Å². The zero-order chi connectivity index (χ0) is 24.6. The van der Waals surface area contributed by atoms with Crippen LogP contribution in [0.2, 0.25) is 0 Å². The molecule has 0 radical (unpaired) electrons. The highest BCUT2D eigenvalue weighted by molar-refractivity contribution is 7.08. The van der Waals surface area contributed by atoms with Crippen molar-refractivity contribution in [1.82, 2.24) is 30.1 Å². The second kappa shape index (κ2) is 9.01. The van der Waals surface area contributed by atoms with Crippen molar-refractivity contribution < 1.29 is 4.79 Å². The number of hydrogen-bond donors (Lipinski definition) is 3. The van der Waals surface area contributed by atoms with Crippen LogP contribution >= 0.6 is 11.3 Å². The number of aromatic amines is 2. The number of H-pyrrole nitrogens is 2. The lowest BCUT2D eigenvalue weighted by Gasteiger charge is -2.08. The fourth-order valence-corrected chi connectivity index (χ4v) is 4.97. The van der Waals surface area contributed by atoms with Crippen molar-refractivity contribution in [3.8, 4) is 33.8 Å². The first-order valence-electron chi connectivity index (χ1n) is 11.7. The highest BCUT2D eigenvalue weighted by atomic mass is 32.1. The smallest absolute Gasteiger partial charge is 0.224 e. The molecule has 0 saturated carbocycles. The van der Waals surface area contributed by atoms with Crippen LogP contribution < -0.4 is 5.32 Å². The molecule has 6 aromatic heterocycles. The topological polar surface area (TPSA) is 112 Å². The lowest BCUT2D eigenvalue weighted by Crippen LogP contribution is -2.13. The molecule has 1 amide bonds. The minimum absolute atomic E-state index is 0.0234. The van der Waals surface area contributed by atoms with Crippen molar-refractivity contribution in [3.63, 3.8) is 0 Å². The average Bonchev–Trinajstić information content (AvgIpc) is 3.62. The summed E-state index contributed by atoms with van der Waals surface area (Å²) in [7, 11) is 0. The van der Waals surface area contributed by atoms with Crippen molar-refractivity contribution in [2.24, 2.45) is 5.92 Å². The predicted molar refractivity (Wildman–Crippen MR) is 144 cm³/mol. The maximum absolute atomic E-state index is 12.2. The van der Waals surface area contributed by atoms with E-state index in [1.165, 1.54) is 0 Å². The zero-order valence-electron chi connectivity index (χ0n) is 19.7. The largest absolute Gasteiger partial charge is 0.353 e. The maximum atomic E-state index is 12.2. The van der Waals surface area contributed by atoms with Crippen molar-refractivity contribution in [1.29, 1.82) is 0 Å². The molecule has 0 aliphatic heterocycles. The lowest BCUT2D eigenvalue weighted by molar-refractivity contribution is -0.116. The third-order valence-corrected chi connectivity index (χ3v) is 6.65. The van der Waals surface area contributed by atoms with Gasteiger partial charge in [0.1, 0.15) is 0 Å². The van der Waals surface area contributed by atoms with Crippen LogP contribution in [0.1, 0.15) is 20.3 Å². The van der Waals surface area contributed by atoms with E-state index in [0.717, 1.165) is 50.1 Å². The van der Waals surface area contributed by atoms with Gasteiger partial charge in [-0.25, -0.2) is 4.98 Å². The Morgan fingerprint density at radius 1 is 1.03 bits per heavy atom. The van der Waals surface area contributed by atoms with E-state index in [1.54, 1.807) is 29.9 Å². The van der Waals surface area contributed by atoms with E-state index < -0.39 is 0 Å². The normalized spacial score (nSPS) is 11.5. The second-order valence-electron chi connectivity index (χ2n) is 9.12. The predicted octanol–water partition coefficient (Wildman–Crippen LogP) is 6.28. The van der Waals surface area contributed by atoms with Crippen molar-refractivity contribution in [3.05, 3.63) is 65.9 Å². The van der Waals surface area contributed by atoms with Gasteiger partial charge in [-0.1, -0.05) is 13.8 Å². The standard InChI is InChI=1S/C27H23N7OS/c1-15(2)7-24(35)31-19-8-17(11-28-13-19)18-9-21-26(33-34-27(21)30-12-18)23-10-20-22(32-23)3-5-29-25(20)16-4-6-36-14-16/h3-6,8-15,32H,7H2,1-2H3,(H,31,35)(H,30,33,34). The van der Waals surface area contributed by atoms with Crippen LogP contribution in [0.4, 0.5) is 5.69 Å². The van der Waals surface area contributed by atoms with Crippen molar-refractivity contribution >= 4 is 44.9 Å². The second-order valence-corrected chi connectivity index (χ2v) is 9.90. The van der Waals surface area contributed by atoms with E-state index in [2.05, 4.69) is 58.3 Å². The van der Waals surface area contributed by atoms with Crippen LogP contribution in [-0.2, 0) is 4.79 Å². The van der Waals surface area contributed by atoms with Crippen LogP contribution in [0.3, 0.4) is 0 Å². The average molecular weight is 494 g/mol. The molecule has 3 N–H and O–H groups in total. The molecule has 0 atom stereocenters. The molecule has 8 nitrogen and oxygen atoms in total. The molecule has 0 aliphatic carbocycles. The Hall–Kier alpha value is -4.37. The first-order valence-corrected chi connectivity index (χ1v) is 12.6. The van der Waals surface area contributed by atoms with Crippen LogP contribution in [0.25, 0.3) is 55.7 Å².